The first-order chi connectivity index (χ1) is 16.9. The number of hydrogen-bond donors (Lipinski definition) is 3. The second kappa shape index (κ2) is 11.0. The lowest BCUT2D eigenvalue weighted by atomic mass is 10.0. The second-order valence-corrected chi connectivity index (χ2v) is 8.76. The molecule has 184 valence electrons. The van der Waals surface area contributed by atoms with E-state index < -0.39 is 6.04 Å². The van der Waals surface area contributed by atoms with Crippen LogP contribution in [0.3, 0.4) is 0 Å². The lowest BCUT2D eigenvalue weighted by Crippen LogP contribution is -2.40. The molecule has 0 radical (unpaired) electrons. The minimum atomic E-state index is -0.396. The highest BCUT2D eigenvalue weighted by atomic mass is 16.5. The zero-order valence-electron chi connectivity index (χ0n) is 19.8. The van der Waals surface area contributed by atoms with E-state index in [1.807, 2.05) is 25.1 Å². The number of nitrogens with zero attached hydrogens (tertiary/aromatic N) is 1. The van der Waals surface area contributed by atoms with Crippen LogP contribution in [0, 0.1) is 6.92 Å². The quantitative estimate of drug-likeness (QED) is 0.608. The summed E-state index contributed by atoms with van der Waals surface area (Å²) in [4.78, 5) is 52.2. The molecular weight excluding hydrogens is 448 g/mol. The zero-order chi connectivity index (χ0) is 24.8. The third-order valence-electron chi connectivity index (χ3n) is 6.18. The molecule has 2 heterocycles. The van der Waals surface area contributed by atoms with Gasteiger partial charge >= 0.3 is 0 Å². The third kappa shape index (κ3) is 5.98. The molecule has 0 aliphatic carbocycles. The Kier molecular flexibility index (Phi) is 7.64. The molecule has 1 unspecified atom stereocenters. The number of nitrogens with one attached hydrogen (secondary N) is 3. The van der Waals surface area contributed by atoms with Crippen LogP contribution >= 0.6 is 0 Å². The number of amides is 4. The Labute approximate surface area is 204 Å². The fourth-order valence-electron chi connectivity index (χ4n) is 4.36. The van der Waals surface area contributed by atoms with Crippen LogP contribution in [0.5, 0.6) is 5.75 Å². The van der Waals surface area contributed by atoms with Gasteiger partial charge in [0, 0.05) is 31.6 Å². The molecule has 9 heteroatoms. The zero-order valence-corrected chi connectivity index (χ0v) is 19.8. The number of rotatable bonds is 2. The Morgan fingerprint density at radius 3 is 2.69 bits per heavy atom. The first-order valence-electron chi connectivity index (χ1n) is 11.9. The summed E-state index contributed by atoms with van der Waals surface area (Å²) in [6.07, 6.45) is 0.868. The highest BCUT2D eigenvalue weighted by Crippen LogP contribution is 2.28. The van der Waals surface area contributed by atoms with Crippen molar-refractivity contribution in [3.05, 3.63) is 64.7 Å². The molecule has 0 fully saturated rings. The fourth-order valence-corrected chi connectivity index (χ4v) is 4.36. The monoisotopic (exact) mass is 478 g/mol. The first kappa shape index (κ1) is 24.3. The molecule has 0 saturated heterocycles. The minimum Gasteiger partial charge on any atom is -0.491 e. The average molecular weight is 479 g/mol. The molecule has 9 nitrogen and oxygen atoms in total. The van der Waals surface area contributed by atoms with Crippen LogP contribution in [0.15, 0.2) is 42.5 Å². The number of fused-ring (bicyclic) bond motifs is 2. The maximum Gasteiger partial charge on any atom is 0.255 e. The summed E-state index contributed by atoms with van der Waals surface area (Å²) in [7, 11) is 0. The van der Waals surface area contributed by atoms with Crippen molar-refractivity contribution >= 4 is 23.6 Å². The summed E-state index contributed by atoms with van der Waals surface area (Å²) in [6, 6.07) is 12.2. The summed E-state index contributed by atoms with van der Waals surface area (Å²) in [5.41, 5.74) is 2.73. The predicted molar refractivity (Wildman–Crippen MR) is 129 cm³/mol. The lowest BCUT2D eigenvalue weighted by Gasteiger charge is -2.24. The van der Waals surface area contributed by atoms with Crippen molar-refractivity contribution in [1.82, 2.24) is 20.9 Å². The predicted octanol–water partition coefficient (Wildman–Crippen LogP) is 1.72. The highest BCUT2D eigenvalue weighted by Gasteiger charge is 2.31. The van der Waals surface area contributed by atoms with Crippen molar-refractivity contribution in [2.45, 2.75) is 32.2 Å². The normalized spacial score (nSPS) is 19.2. The van der Waals surface area contributed by atoms with Gasteiger partial charge in [0.2, 0.25) is 11.8 Å². The topological polar surface area (TPSA) is 117 Å². The van der Waals surface area contributed by atoms with E-state index in [1.54, 1.807) is 29.2 Å². The van der Waals surface area contributed by atoms with Gasteiger partial charge in [0.15, 0.2) is 0 Å². The van der Waals surface area contributed by atoms with Gasteiger partial charge in [0.1, 0.15) is 12.4 Å². The summed E-state index contributed by atoms with van der Waals surface area (Å²) >= 11 is 0. The van der Waals surface area contributed by atoms with E-state index in [-0.39, 0.29) is 56.2 Å². The van der Waals surface area contributed by atoms with E-state index in [0.717, 1.165) is 11.1 Å². The summed E-state index contributed by atoms with van der Waals surface area (Å²) in [6.45, 7) is 3.36. The standard InChI is InChI=1S/C26H30N4O5/c1-17-8-9-22-20(15-17)25(33)28-10-13-30(12-4-7-23(31)27-11-14-35-22)24(32)16-21-18-5-2-3-6-19(18)26(34)29-21/h2-3,5-6,8-9,15,21H,4,7,10-14,16H2,1H3,(H,27,31)(H,28,33)(H,29,34). The Hall–Kier alpha value is -3.88. The number of hydrogen-bond acceptors (Lipinski definition) is 5. The van der Waals surface area contributed by atoms with Gasteiger partial charge in [-0.05, 0) is 37.1 Å². The van der Waals surface area contributed by atoms with Gasteiger partial charge < -0.3 is 25.6 Å². The number of carbonyl (C=O) groups is 4. The molecule has 1 atom stereocenters. The first-order valence-corrected chi connectivity index (χ1v) is 11.9. The number of carbonyl (C=O) groups excluding carboxylic acids is 4. The molecule has 0 saturated carbocycles. The fraction of sp³-hybridized carbons (Fsp3) is 0.385. The molecule has 0 bridgehead atoms. The van der Waals surface area contributed by atoms with Crippen LogP contribution in [0.1, 0.15) is 57.1 Å². The molecule has 4 amide bonds. The molecule has 0 aromatic heterocycles. The Morgan fingerprint density at radius 1 is 1.00 bits per heavy atom. The highest BCUT2D eigenvalue weighted by molar-refractivity contribution is 6.00. The van der Waals surface area contributed by atoms with E-state index >= 15 is 0 Å². The van der Waals surface area contributed by atoms with Crippen LogP contribution in [-0.2, 0) is 9.59 Å². The maximum atomic E-state index is 13.2. The number of aryl methyl sites for hydroxylation is 1. The van der Waals surface area contributed by atoms with Crippen LogP contribution in [0.4, 0.5) is 0 Å². The molecule has 2 aromatic carbocycles. The van der Waals surface area contributed by atoms with Crippen LogP contribution in [0.2, 0.25) is 0 Å². The summed E-state index contributed by atoms with van der Waals surface area (Å²) in [5, 5.41) is 8.57. The number of benzene rings is 2. The Morgan fingerprint density at radius 2 is 1.83 bits per heavy atom. The van der Waals surface area contributed by atoms with Gasteiger partial charge in [-0.15, -0.1) is 0 Å². The van der Waals surface area contributed by atoms with Crippen LogP contribution < -0.4 is 20.7 Å². The molecule has 35 heavy (non-hydrogen) atoms. The molecular formula is C26H30N4O5. The number of ether oxygens (including phenoxy) is 1. The Balaban J connectivity index is 1.46. The van der Waals surface area contributed by atoms with Gasteiger partial charge in [0.25, 0.3) is 11.8 Å². The van der Waals surface area contributed by atoms with E-state index in [1.165, 1.54) is 0 Å². The lowest BCUT2D eigenvalue weighted by molar-refractivity contribution is -0.132. The van der Waals surface area contributed by atoms with Crippen molar-refractivity contribution < 1.29 is 23.9 Å². The molecule has 0 spiro atoms. The average Bonchev–Trinajstić information content (AvgIpc) is 3.15. The third-order valence-corrected chi connectivity index (χ3v) is 6.18. The van der Waals surface area contributed by atoms with Crippen molar-refractivity contribution in [2.75, 3.05) is 32.8 Å². The molecule has 3 N–H and O–H groups in total. The van der Waals surface area contributed by atoms with E-state index in [0.29, 0.717) is 36.4 Å². The SMILES string of the molecule is Cc1ccc2c(c1)C(=O)NCCN(C(=O)CC1NC(=O)c3ccccc31)CCCC(=O)NCCO2. The van der Waals surface area contributed by atoms with Crippen LogP contribution in [0.25, 0.3) is 0 Å². The van der Waals surface area contributed by atoms with Crippen LogP contribution in [-0.4, -0.2) is 61.3 Å². The molecule has 4 rings (SSSR count). The summed E-state index contributed by atoms with van der Waals surface area (Å²) in [5.74, 6) is -0.292. The summed E-state index contributed by atoms with van der Waals surface area (Å²) < 4.78 is 5.73. The van der Waals surface area contributed by atoms with Gasteiger partial charge in [-0.25, -0.2) is 0 Å². The van der Waals surface area contributed by atoms with E-state index in [9.17, 15) is 19.2 Å². The van der Waals surface area contributed by atoms with Gasteiger partial charge in [-0.1, -0.05) is 29.8 Å². The van der Waals surface area contributed by atoms with Crippen molar-refractivity contribution in [1.29, 1.82) is 0 Å². The smallest absolute Gasteiger partial charge is 0.255 e. The van der Waals surface area contributed by atoms with Gasteiger partial charge in [-0.2, -0.15) is 0 Å². The minimum absolute atomic E-state index is 0.110. The van der Waals surface area contributed by atoms with E-state index in [2.05, 4.69) is 16.0 Å². The molecule has 2 aliphatic rings. The second-order valence-electron chi connectivity index (χ2n) is 8.76. The van der Waals surface area contributed by atoms with E-state index in [4.69, 9.17) is 4.74 Å². The van der Waals surface area contributed by atoms with Gasteiger partial charge in [-0.3, -0.25) is 19.2 Å². The van der Waals surface area contributed by atoms with Gasteiger partial charge in [0.05, 0.1) is 24.6 Å². The van der Waals surface area contributed by atoms with Crippen molar-refractivity contribution in [3.63, 3.8) is 0 Å². The molecule has 2 aliphatic heterocycles. The maximum absolute atomic E-state index is 13.2. The van der Waals surface area contributed by atoms with Crippen molar-refractivity contribution in [3.8, 4) is 5.75 Å². The molecule has 2 aromatic rings. The van der Waals surface area contributed by atoms with Crippen molar-refractivity contribution in [2.24, 2.45) is 0 Å². The largest absolute Gasteiger partial charge is 0.491 e. The Bertz CT molecular complexity index is 1130.